The minimum absolute atomic E-state index is 0.262. The van der Waals surface area contributed by atoms with E-state index < -0.39 is 0 Å². The van der Waals surface area contributed by atoms with E-state index >= 15 is 0 Å². The van der Waals surface area contributed by atoms with E-state index in [-0.39, 0.29) is 5.69 Å². The van der Waals surface area contributed by atoms with Gasteiger partial charge in [-0.2, -0.15) is 5.26 Å². The van der Waals surface area contributed by atoms with E-state index in [0.717, 1.165) is 4.88 Å². The highest BCUT2D eigenvalue weighted by molar-refractivity contribution is 7.13. The van der Waals surface area contributed by atoms with Gasteiger partial charge >= 0.3 is 0 Å². The van der Waals surface area contributed by atoms with Gasteiger partial charge in [0.1, 0.15) is 17.5 Å². The van der Waals surface area contributed by atoms with Gasteiger partial charge in [0.2, 0.25) is 5.82 Å². The topological polar surface area (TPSA) is 75.3 Å². The molecule has 3 rings (SSSR count). The maximum Gasteiger partial charge on any atom is 0.201 e. The molecule has 0 bridgehead atoms. The van der Waals surface area contributed by atoms with Crippen molar-refractivity contribution in [2.75, 3.05) is 0 Å². The Bertz CT molecular complexity index is 731. The van der Waals surface area contributed by atoms with Crippen molar-refractivity contribution in [1.29, 1.82) is 5.26 Å². The lowest BCUT2D eigenvalue weighted by atomic mass is 10.2. The number of hydrogen-bond acceptors (Lipinski definition) is 6. The molecule has 0 aliphatic heterocycles. The van der Waals surface area contributed by atoms with Crippen LogP contribution < -0.4 is 0 Å². The van der Waals surface area contributed by atoms with Crippen LogP contribution in [0.2, 0.25) is 0 Å². The third kappa shape index (κ3) is 2.19. The van der Waals surface area contributed by atoms with Gasteiger partial charge in [-0.05, 0) is 23.6 Å². The molecule has 3 heterocycles. The van der Waals surface area contributed by atoms with Gasteiger partial charge in [0.05, 0.1) is 4.88 Å². The lowest BCUT2D eigenvalue weighted by Crippen LogP contribution is -2.00. The Morgan fingerprint density at radius 3 is 2.74 bits per heavy atom. The molecule has 0 radical (unpaired) electrons. The van der Waals surface area contributed by atoms with E-state index in [1.165, 1.54) is 11.3 Å². The summed E-state index contributed by atoms with van der Waals surface area (Å²) in [4.78, 5) is 9.25. The molecule has 0 saturated carbocycles. The van der Waals surface area contributed by atoms with Gasteiger partial charge in [0.25, 0.3) is 0 Å². The van der Waals surface area contributed by atoms with Crippen molar-refractivity contribution in [3.63, 3.8) is 0 Å². The van der Waals surface area contributed by atoms with Crippen LogP contribution >= 0.6 is 11.3 Å². The van der Waals surface area contributed by atoms with Crippen LogP contribution in [-0.2, 0) is 0 Å². The number of thiophene rings is 1. The molecule has 0 unspecified atom stereocenters. The molecule has 3 aromatic heterocycles. The highest BCUT2D eigenvalue weighted by atomic mass is 32.1. The van der Waals surface area contributed by atoms with Crippen LogP contribution in [0.1, 0.15) is 5.69 Å². The van der Waals surface area contributed by atoms with Crippen LogP contribution in [0, 0.1) is 11.3 Å². The predicted octanol–water partition coefficient (Wildman–Crippen LogP) is 2.53. The van der Waals surface area contributed by atoms with Crippen molar-refractivity contribution >= 4 is 11.3 Å². The van der Waals surface area contributed by atoms with Gasteiger partial charge in [-0.1, -0.05) is 12.1 Å². The molecule has 0 aliphatic rings. The molecule has 0 fully saturated rings. The van der Waals surface area contributed by atoms with Crippen molar-refractivity contribution in [2.45, 2.75) is 0 Å². The fourth-order valence-corrected chi connectivity index (χ4v) is 2.30. The fourth-order valence-electron chi connectivity index (χ4n) is 1.59. The van der Waals surface area contributed by atoms with E-state index in [1.54, 1.807) is 12.3 Å². The summed E-state index contributed by atoms with van der Waals surface area (Å²) in [7, 11) is 0. The van der Waals surface area contributed by atoms with Crippen molar-refractivity contribution < 1.29 is 0 Å². The van der Waals surface area contributed by atoms with Crippen LogP contribution in [0.25, 0.3) is 22.1 Å². The van der Waals surface area contributed by atoms with Crippen LogP contribution in [0.4, 0.5) is 0 Å². The van der Waals surface area contributed by atoms with Crippen LogP contribution in [0.15, 0.2) is 41.9 Å². The fraction of sp³-hybridized carbons (Fsp3) is 0. The Hall–Kier alpha value is -2.65. The molecule has 0 aliphatic carbocycles. The van der Waals surface area contributed by atoms with Gasteiger partial charge in [-0.25, -0.2) is 4.98 Å². The van der Waals surface area contributed by atoms with Gasteiger partial charge in [0.15, 0.2) is 5.69 Å². The summed E-state index contributed by atoms with van der Waals surface area (Å²) in [6, 6.07) is 11.3. The van der Waals surface area contributed by atoms with Crippen molar-refractivity contribution in [1.82, 2.24) is 20.2 Å². The zero-order valence-electron chi connectivity index (χ0n) is 9.69. The quantitative estimate of drug-likeness (QED) is 0.711. The van der Waals surface area contributed by atoms with Crippen LogP contribution in [-0.4, -0.2) is 20.2 Å². The number of nitrogens with zero attached hydrogens (tertiary/aromatic N) is 5. The molecule has 0 saturated heterocycles. The lowest BCUT2D eigenvalue weighted by molar-refractivity contribution is 0.968. The van der Waals surface area contributed by atoms with E-state index in [4.69, 9.17) is 0 Å². The minimum Gasteiger partial charge on any atom is -0.253 e. The summed E-state index contributed by atoms with van der Waals surface area (Å²) < 4.78 is 0. The Morgan fingerprint density at radius 1 is 1.11 bits per heavy atom. The molecular weight excluding hydrogens is 258 g/mol. The minimum atomic E-state index is 0.262. The molecular formula is C13H7N5S. The number of hydrogen-bond donors (Lipinski definition) is 0. The molecule has 5 nitrogen and oxygen atoms in total. The number of rotatable bonds is 2. The molecule has 0 N–H and O–H groups in total. The smallest absolute Gasteiger partial charge is 0.201 e. The molecule has 0 aromatic carbocycles. The summed E-state index contributed by atoms with van der Waals surface area (Å²) in [6.07, 6.45) is 1.65. The average molecular weight is 265 g/mol. The molecule has 90 valence electrons. The van der Waals surface area contributed by atoms with Gasteiger partial charge in [-0.3, -0.25) is 4.98 Å². The molecule has 0 spiro atoms. The SMILES string of the molecule is N#Cc1nc(-c2ccccn2)nnc1-c1cccs1. The van der Waals surface area contributed by atoms with Crippen molar-refractivity contribution in [3.8, 4) is 28.2 Å². The molecule has 19 heavy (non-hydrogen) atoms. The van der Waals surface area contributed by atoms with Gasteiger partial charge < -0.3 is 0 Å². The standard InChI is InChI=1S/C13H7N5S/c14-8-10-12(11-5-3-7-19-11)17-18-13(16-10)9-4-1-2-6-15-9/h1-7H. The number of pyridine rings is 1. The molecule has 0 atom stereocenters. The second-order valence-electron chi connectivity index (χ2n) is 3.64. The summed E-state index contributed by atoms with van der Waals surface area (Å²) in [5, 5.41) is 19.3. The summed E-state index contributed by atoms with van der Waals surface area (Å²) in [6.45, 7) is 0. The van der Waals surface area contributed by atoms with E-state index in [1.807, 2.05) is 29.6 Å². The first-order chi connectivity index (χ1) is 9.38. The maximum absolute atomic E-state index is 9.19. The second-order valence-corrected chi connectivity index (χ2v) is 4.58. The van der Waals surface area contributed by atoms with E-state index in [9.17, 15) is 5.26 Å². The normalized spacial score (nSPS) is 10.1. The second kappa shape index (κ2) is 4.92. The Balaban J connectivity index is 2.11. The van der Waals surface area contributed by atoms with Crippen molar-refractivity contribution in [3.05, 3.63) is 47.6 Å². The summed E-state index contributed by atoms with van der Waals surface area (Å²) >= 11 is 1.50. The number of nitriles is 1. The zero-order valence-corrected chi connectivity index (χ0v) is 10.5. The maximum atomic E-state index is 9.19. The van der Waals surface area contributed by atoms with Gasteiger partial charge in [-0.15, -0.1) is 21.5 Å². The van der Waals surface area contributed by atoms with E-state index in [0.29, 0.717) is 17.2 Å². The van der Waals surface area contributed by atoms with E-state index in [2.05, 4.69) is 26.2 Å². The predicted molar refractivity (Wildman–Crippen MR) is 71.1 cm³/mol. The monoisotopic (exact) mass is 265 g/mol. The van der Waals surface area contributed by atoms with Gasteiger partial charge in [0, 0.05) is 6.20 Å². The highest BCUT2D eigenvalue weighted by Crippen LogP contribution is 2.25. The molecule has 0 amide bonds. The zero-order chi connectivity index (χ0) is 13.1. The van der Waals surface area contributed by atoms with Crippen molar-refractivity contribution in [2.24, 2.45) is 0 Å². The van der Waals surface area contributed by atoms with Crippen LogP contribution in [0.3, 0.4) is 0 Å². The molecule has 3 aromatic rings. The Labute approximate surface area is 113 Å². The molecule has 6 heteroatoms. The summed E-state index contributed by atoms with van der Waals surface area (Å²) in [5.41, 5.74) is 1.37. The largest absolute Gasteiger partial charge is 0.253 e. The average Bonchev–Trinajstić information content (AvgIpc) is 3.01. The summed E-state index contributed by atoms with van der Waals surface area (Å²) in [5.74, 6) is 0.359. The van der Waals surface area contributed by atoms with Crippen LogP contribution in [0.5, 0.6) is 0 Å². The first-order valence-corrected chi connectivity index (χ1v) is 6.36. The highest BCUT2D eigenvalue weighted by Gasteiger charge is 2.13. The first-order valence-electron chi connectivity index (χ1n) is 5.48. The third-order valence-corrected chi connectivity index (χ3v) is 3.32. The third-order valence-electron chi connectivity index (χ3n) is 2.44. The Kier molecular flexibility index (Phi) is 2.96. The number of aromatic nitrogens is 4. The first kappa shape index (κ1) is 11.4. The lowest BCUT2D eigenvalue weighted by Gasteiger charge is -2.01. The Morgan fingerprint density at radius 2 is 2.05 bits per heavy atom.